The van der Waals surface area contributed by atoms with Gasteiger partial charge in [0.15, 0.2) is 0 Å². The van der Waals surface area contributed by atoms with Crippen molar-refractivity contribution in [3.8, 4) is 0 Å². The Kier molecular flexibility index (Phi) is 7.10. The van der Waals surface area contributed by atoms with E-state index in [1.807, 2.05) is 25.1 Å². The second-order valence-corrected chi connectivity index (χ2v) is 6.54. The number of benzene rings is 1. The standard InChI is InChI=1S/C15H24O3S/c1-3-4-5-7-10-14(2)18-19(16,17)13-15-11-8-6-9-12-15/h6,8-9,11-12,14H,3-5,7,10,13H2,1-2H3. The first-order chi connectivity index (χ1) is 9.03. The molecular formula is C15H24O3S. The first-order valence-electron chi connectivity index (χ1n) is 6.98. The fourth-order valence-corrected chi connectivity index (χ4v) is 3.23. The van der Waals surface area contributed by atoms with Crippen molar-refractivity contribution in [1.82, 2.24) is 0 Å². The summed E-state index contributed by atoms with van der Waals surface area (Å²) in [4.78, 5) is 0. The van der Waals surface area contributed by atoms with Crippen LogP contribution in [-0.2, 0) is 20.1 Å². The Bertz CT molecular complexity index is 440. The van der Waals surface area contributed by atoms with Crippen LogP contribution in [0.15, 0.2) is 30.3 Å². The van der Waals surface area contributed by atoms with Gasteiger partial charge in [0.2, 0.25) is 0 Å². The molecule has 0 N–H and O–H groups in total. The lowest BCUT2D eigenvalue weighted by atomic mass is 10.1. The molecule has 0 fully saturated rings. The summed E-state index contributed by atoms with van der Waals surface area (Å²) < 4.78 is 28.9. The first kappa shape index (κ1) is 16.2. The van der Waals surface area contributed by atoms with E-state index < -0.39 is 10.1 Å². The van der Waals surface area contributed by atoms with E-state index in [2.05, 4.69) is 6.92 Å². The summed E-state index contributed by atoms with van der Waals surface area (Å²) in [6.45, 7) is 3.98. The molecule has 108 valence electrons. The molecule has 0 amide bonds. The molecule has 0 aliphatic carbocycles. The largest absolute Gasteiger partial charge is 0.271 e. The van der Waals surface area contributed by atoms with Gasteiger partial charge in [-0.1, -0.05) is 62.9 Å². The molecule has 0 aliphatic heterocycles. The molecule has 1 aromatic rings. The average molecular weight is 284 g/mol. The SMILES string of the molecule is CCCCCCC(C)OS(=O)(=O)Cc1ccccc1. The molecule has 0 saturated heterocycles. The first-order valence-corrected chi connectivity index (χ1v) is 8.56. The second kappa shape index (κ2) is 8.33. The van der Waals surface area contributed by atoms with Gasteiger partial charge < -0.3 is 0 Å². The predicted molar refractivity (Wildman–Crippen MR) is 78.4 cm³/mol. The van der Waals surface area contributed by atoms with Crippen molar-refractivity contribution in [2.24, 2.45) is 0 Å². The van der Waals surface area contributed by atoms with Crippen LogP contribution >= 0.6 is 0 Å². The van der Waals surface area contributed by atoms with E-state index in [0.717, 1.165) is 24.8 Å². The summed E-state index contributed by atoms with van der Waals surface area (Å²) in [6.07, 6.45) is 5.11. The number of unbranched alkanes of at least 4 members (excludes halogenated alkanes) is 3. The normalized spacial score (nSPS) is 13.4. The Hall–Kier alpha value is -0.870. The molecule has 4 heteroatoms. The van der Waals surface area contributed by atoms with Crippen LogP contribution in [0.5, 0.6) is 0 Å². The van der Waals surface area contributed by atoms with Gasteiger partial charge in [0.25, 0.3) is 10.1 Å². The summed E-state index contributed by atoms with van der Waals surface area (Å²) in [5, 5.41) is 0. The molecule has 0 spiro atoms. The third-order valence-electron chi connectivity index (χ3n) is 2.96. The Morgan fingerprint density at radius 2 is 1.79 bits per heavy atom. The molecule has 1 aromatic carbocycles. The van der Waals surface area contributed by atoms with Gasteiger partial charge in [-0.2, -0.15) is 8.42 Å². The smallest absolute Gasteiger partial charge is 0.267 e. The monoisotopic (exact) mass is 284 g/mol. The molecule has 1 atom stereocenters. The van der Waals surface area contributed by atoms with Gasteiger partial charge in [0, 0.05) is 0 Å². The van der Waals surface area contributed by atoms with Crippen LogP contribution in [0.25, 0.3) is 0 Å². The molecule has 3 nitrogen and oxygen atoms in total. The Morgan fingerprint density at radius 1 is 1.11 bits per heavy atom. The van der Waals surface area contributed by atoms with Crippen molar-refractivity contribution in [3.05, 3.63) is 35.9 Å². The van der Waals surface area contributed by atoms with Crippen molar-refractivity contribution >= 4 is 10.1 Å². The molecule has 0 saturated carbocycles. The zero-order valence-corrected chi connectivity index (χ0v) is 12.7. The fourth-order valence-electron chi connectivity index (χ4n) is 1.97. The summed E-state index contributed by atoms with van der Waals surface area (Å²) >= 11 is 0. The highest BCUT2D eigenvalue weighted by molar-refractivity contribution is 7.85. The molecule has 19 heavy (non-hydrogen) atoms. The zero-order valence-electron chi connectivity index (χ0n) is 11.8. The van der Waals surface area contributed by atoms with E-state index >= 15 is 0 Å². The Morgan fingerprint density at radius 3 is 2.42 bits per heavy atom. The van der Waals surface area contributed by atoms with E-state index in [1.54, 1.807) is 12.1 Å². The van der Waals surface area contributed by atoms with Crippen LogP contribution in [0.4, 0.5) is 0 Å². The number of hydrogen-bond acceptors (Lipinski definition) is 3. The van der Waals surface area contributed by atoms with Gasteiger partial charge >= 0.3 is 0 Å². The van der Waals surface area contributed by atoms with Gasteiger partial charge in [0.05, 0.1) is 6.10 Å². The number of hydrogen-bond donors (Lipinski definition) is 0. The van der Waals surface area contributed by atoms with Crippen LogP contribution in [0, 0.1) is 0 Å². The van der Waals surface area contributed by atoms with E-state index in [1.165, 1.54) is 12.8 Å². The predicted octanol–water partition coefficient (Wildman–Crippen LogP) is 3.89. The highest BCUT2D eigenvalue weighted by atomic mass is 32.2. The quantitative estimate of drug-likeness (QED) is 0.510. The molecule has 0 aromatic heterocycles. The third kappa shape index (κ3) is 7.33. The third-order valence-corrected chi connectivity index (χ3v) is 4.27. The maximum Gasteiger partial charge on any atom is 0.271 e. The number of rotatable bonds is 9. The van der Waals surface area contributed by atoms with Gasteiger partial charge in [0.1, 0.15) is 5.75 Å². The fraction of sp³-hybridized carbons (Fsp3) is 0.600. The van der Waals surface area contributed by atoms with Crippen LogP contribution < -0.4 is 0 Å². The van der Waals surface area contributed by atoms with E-state index in [4.69, 9.17) is 4.18 Å². The van der Waals surface area contributed by atoms with Gasteiger partial charge in [-0.25, -0.2) is 0 Å². The van der Waals surface area contributed by atoms with Crippen molar-refractivity contribution in [1.29, 1.82) is 0 Å². The Balaban J connectivity index is 2.37. The van der Waals surface area contributed by atoms with Crippen molar-refractivity contribution in [3.63, 3.8) is 0 Å². The molecule has 0 radical (unpaired) electrons. The molecule has 0 bridgehead atoms. The van der Waals surface area contributed by atoms with E-state index in [-0.39, 0.29) is 11.9 Å². The maximum absolute atomic E-state index is 11.9. The zero-order chi connectivity index (χ0) is 14.1. The van der Waals surface area contributed by atoms with Crippen molar-refractivity contribution in [2.75, 3.05) is 0 Å². The minimum atomic E-state index is -3.48. The molecule has 1 unspecified atom stereocenters. The topological polar surface area (TPSA) is 43.4 Å². The lowest BCUT2D eigenvalue weighted by Gasteiger charge is -2.12. The van der Waals surface area contributed by atoms with Crippen LogP contribution in [0.1, 0.15) is 51.5 Å². The van der Waals surface area contributed by atoms with E-state index in [9.17, 15) is 8.42 Å². The van der Waals surface area contributed by atoms with E-state index in [0.29, 0.717) is 0 Å². The minimum Gasteiger partial charge on any atom is -0.267 e. The van der Waals surface area contributed by atoms with Crippen LogP contribution in [0.2, 0.25) is 0 Å². The molecule has 0 heterocycles. The van der Waals surface area contributed by atoms with Crippen molar-refractivity contribution in [2.45, 2.75) is 57.8 Å². The molecule has 1 rings (SSSR count). The molecule has 0 aliphatic rings. The second-order valence-electron chi connectivity index (χ2n) is 4.94. The maximum atomic E-state index is 11.9. The minimum absolute atomic E-state index is 0.0485. The lowest BCUT2D eigenvalue weighted by Crippen LogP contribution is -2.17. The van der Waals surface area contributed by atoms with Crippen LogP contribution in [-0.4, -0.2) is 14.5 Å². The summed E-state index contributed by atoms with van der Waals surface area (Å²) in [5.74, 6) is -0.0485. The van der Waals surface area contributed by atoms with Crippen molar-refractivity contribution < 1.29 is 12.6 Å². The molecular weight excluding hydrogens is 260 g/mol. The summed E-state index contributed by atoms with van der Waals surface area (Å²) in [7, 11) is -3.48. The Labute approximate surface area is 117 Å². The summed E-state index contributed by atoms with van der Waals surface area (Å²) in [6, 6.07) is 9.13. The van der Waals surface area contributed by atoms with Crippen LogP contribution in [0.3, 0.4) is 0 Å². The highest BCUT2D eigenvalue weighted by Crippen LogP contribution is 2.13. The van der Waals surface area contributed by atoms with Gasteiger partial charge in [-0.05, 0) is 18.9 Å². The lowest BCUT2D eigenvalue weighted by molar-refractivity contribution is 0.213. The summed E-state index contributed by atoms with van der Waals surface area (Å²) in [5.41, 5.74) is 0.765. The highest BCUT2D eigenvalue weighted by Gasteiger charge is 2.16. The average Bonchev–Trinajstić information content (AvgIpc) is 2.34. The van der Waals surface area contributed by atoms with Gasteiger partial charge in [-0.15, -0.1) is 0 Å². The van der Waals surface area contributed by atoms with Gasteiger partial charge in [-0.3, -0.25) is 4.18 Å².